The first-order chi connectivity index (χ1) is 11.2. The summed E-state index contributed by atoms with van der Waals surface area (Å²) in [6.07, 6.45) is 2.49. The van der Waals surface area contributed by atoms with Crippen LogP contribution in [0.25, 0.3) is 10.8 Å². The first-order valence-electron chi connectivity index (χ1n) is 7.91. The van der Waals surface area contributed by atoms with Crippen LogP contribution in [0.5, 0.6) is 0 Å². The second-order valence-corrected chi connectivity index (χ2v) is 6.12. The molecule has 1 fully saturated rings. The molecule has 23 heavy (non-hydrogen) atoms. The summed E-state index contributed by atoms with van der Waals surface area (Å²) in [6.45, 7) is 3.56. The van der Waals surface area contributed by atoms with Gasteiger partial charge in [-0.1, -0.05) is 36.4 Å². The van der Waals surface area contributed by atoms with Crippen molar-refractivity contribution in [2.24, 2.45) is 5.10 Å². The van der Waals surface area contributed by atoms with E-state index in [9.17, 15) is 0 Å². The Morgan fingerprint density at radius 1 is 1.26 bits per heavy atom. The van der Waals surface area contributed by atoms with E-state index in [0.717, 1.165) is 37.3 Å². The summed E-state index contributed by atoms with van der Waals surface area (Å²) in [7, 11) is 0. The Morgan fingerprint density at radius 2 is 2.09 bits per heavy atom. The predicted octanol–water partition coefficient (Wildman–Crippen LogP) is 3.21. The van der Waals surface area contributed by atoms with Crippen molar-refractivity contribution < 1.29 is 4.74 Å². The highest BCUT2D eigenvalue weighted by molar-refractivity contribution is 7.80. The molecule has 0 radical (unpaired) electrons. The van der Waals surface area contributed by atoms with Gasteiger partial charge in [0, 0.05) is 13.2 Å². The Bertz CT molecular complexity index is 723. The van der Waals surface area contributed by atoms with Gasteiger partial charge >= 0.3 is 0 Å². The fraction of sp³-hybridized carbons (Fsp3) is 0.333. The van der Waals surface area contributed by atoms with Crippen LogP contribution in [0.3, 0.4) is 0 Å². The standard InChI is InChI=1S/C18H21N3OS/c1-13(15-9-8-14-5-2-3-6-16(14)11-15)20-21-18(23)19-12-17-7-4-10-22-17/h2-3,5-6,8-9,11,17H,4,7,10,12H2,1H3,(H2,19,21,23)/t17-/m1/s1. The van der Waals surface area contributed by atoms with Gasteiger partial charge in [0.05, 0.1) is 11.8 Å². The fourth-order valence-corrected chi connectivity index (χ4v) is 2.79. The lowest BCUT2D eigenvalue weighted by Gasteiger charge is -2.12. The smallest absolute Gasteiger partial charge is 0.187 e. The van der Waals surface area contributed by atoms with Crippen LogP contribution in [0.1, 0.15) is 25.3 Å². The average molecular weight is 327 g/mol. The lowest BCUT2D eigenvalue weighted by molar-refractivity contribution is 0.114. The Balaban J connectivity index is 1.58. The monoisotopic (exact) mass is 327 g/mol. The molecule has 2 N–H and O–H groups in total. The molecule has 0 amide bonds. The van der Waals surface area contributed by atoms with Gasteiger partial charge < -0.3 is 10.1 Å². The highest BCUT2D eigenvalue weighted by atomic mass is 32.1. The topological polar surface area (TPSA) is 45.7 Å². The molecule has 0 spiro atoms. The molecule has 1 aliphatic rings. The summed E-state index contributed by atoms with van der Waals surface area (Å²) >= 11 is 5.25. The molecule has 0 saturated carbocycles. The van der Waals surface area contributed by atoms with Crippen molar-refractivity contribution in [3.63, 3.8) is 0 Å². The van der Waals surface area contributed by atoms with Crippen LogP contribution < -0.4 is 10.7 Å². The normalized spacial score (nSPS) is 18.1. The minimum atomic E-state index is 0.264. The molecule has 1 saturated heterocycles. The first-order valence-corrected chi connectivity index (χ1v) is 8.32. The summed E-state index contributed by atoms with van der Waals surface area (Å²) < 4.78 is 5.55. The molecule has 1 heterocycles. The Labute approximate surface area is 141 Å². The third-order valence-electron chi connectivity index (χ3n) is 4.01. The maximum Gasteiger partial charge on any atom is 0.187 e. The third-order valence-corrected chi connectivity index (χ3v) is 4.24. The second kappa shape index (κ2) is 7.53. The van der Waals surface area contributed by atoms with E-state index in [-0.39, 0.29) is 6.10 Å². The molecule has 2 aromatic carbocycles. The zero-order valence-corrected chi connectivity index (χ0v) is 14.0. The molecule has 3 rings (SSSR count). The number of hydrogen-bond donors (Lipinski definition) is 2. The molecule has 1 atom stereocenters. The molecular formula is C18H21N3OS. The van der Waals surface area contributed by atoms with E-state index in [1.54, 1.807) is 0 Å². The molecule has 0 bridgehead atoms. The van der Waals surface area contributed by atoms with E-state index in [1.165, 1.54) is 10.8 Å². The van der Waals surface area contributed by atoms with Crippen molar-refractivity contribution in [3.8, 4) is 0 Å². The first kappa shape index (κ1) is 15.9. The van der Waals surface area contributed by atoms with Gasteiger partial charge in [0.2, 0.25) is 0 Å². The van der Waals surface area contributed by atoms with Crippen molar-refractivity contribution in [1.82, 2.24) is 10.7 Å². The highest BCUT2D eigenvalue weighted by Gasteiger charge is 2.15. The Hall–Kier alpha value is -1.98. The molecular weight excluding hydrogens is 306 g/mol. The number of nitrogens with zero attached hydrogens (tertiary/aromatic N) is 1. The van der Waals surface area contributed by atoms with Gasteiger partial charge in [0.25, 0.3) is 0 Å². The minimum absolute atomic E-state index is 0.264. The van der Waals surface area contributed by atoms with Crippen LogP contribution in [0.4, 0.5) is 0 Å². The van der Waals surface area contributed by atoms with Crippen LogP contribution in [0.2, 0.25) is 0 Å². The van der Waals surface area contributed by atoms with Gasteiger partial charge in [-0.3, -0.25) is 5.43 Å². The quantitative estimate of drug-likeness (QED) is 0.514. The number of hydrazone groups is 1. The molecule has 120 valence electrons. The lowest BCUT2D eigenvalue weighted by atomic mass is 10.0. The van der Waals surface area contributed by atoms with Gasteiger partial charge in [-0.2, -0.15) is 5.10 Å². The number of benzene rings is 2. The van der Waals surface area contributed by atoms with Crippen molar-refractivity contribution in [2.45, 2.75) is 25.9 Å². The number of thiocarbonyl (C=S) groups is 1. The molecule has 2 aromatic rings. The van der Waals surface area contributed by atoms with Crippen LogP contribution in [0.15, 0.2) is 47.6 Å². The van der Waals surface area contributed by atoms with Crippen LogP contribution in [-0.2, 0) is 4.74 Å². The maximum absolute atomic E-state index is 5.55. The lowest BCUT2D eigenvalue weighted by Crippen LogP contribution is -2.37. The summed E-state index contributed by atoms with van der Waals surface area (Å²) in [5.74, 6) is 0. The van der Waals surface area contributed by atoms with E-state index in [2.05, 4.69) is 46.2 Å². The maximum atomic E-state index is 5.55. The zero-order chi connectivity index (χ0) is 16.1. The fourth-order valence-electron chi connectivity index (χ4n) is 2.66. The Kier molecular flexibility index (Phi) is 5.20. The summed E-state index contributed by atoms with van der Waals surface area (Å²) in [6, 6.07) is 14.6. The molecule has 0 aromatic heterocycles. The molecule has 5 heteroatoms. The van der Waals surface area contributed by atoms with Gasteiger partial charge in [-0.05, 0) is 54.4 Å². The van der Waals surface area contributed by atoms with Crippen molar-refractivity contribution in [3.05, 3.63) is 48.0 Å². The number of ether oxygens (including phenoxy) is 1. The number of nitrogens with one attached hydrogen (secondary N) is 2. The van der Waals surface area contributed by atoms with Crippen molar-refractivity contribution in [2.75, 3.05) is 13.2 Å². The van der Waals surface area contributed by atoms with Crippen LogP contribution >= 0.6 is 12.2 Å². The molecule has 0 aliphatic carbocycles. The van der Waals surface area contributed by atoms with Crippen LogP contribution in [-0.4, -0.2) is 30.1 Å². The summed E-state index contributed by atoms with van der Waals surface area (Å²) in [5.41, 5.74) is 4.89. The average Bonchev–Trinajstić information content (AvgIpc) is 3.11. The number of fused-ring (bicyclic) bond motifs is 1. The molecule has 0 unspecified atom stereocenters. The zero-order valence-electron chi connectivity index (χ0n) is 13.2. The second-order valence-electron chi connectivity index (χ2n) is 5.72. The number of rotatable bonds is 4. The minimum Gasteiger partial charge on any atom is -0.376 e. The number of hydrogen-bond acceptors (Lipinski definition) is 3. The SMILES string of the molecule is CC(=NNC(=S)NC[C@H]1CCCO1)c1ccc2ccccc2c1. The van der Waals surface area contributed by atoms with Gasteiger partial charge in [0.15, 0.2) is 5.11 Å². The Morgan fingerprint density at radius 3 is 2.87 bits per heavy atom. The summed E-state index contributed by atoms with van der Waals surface area (Å²) in [4.78, 5) is 0. The van der Waals surface area contributed by atoms with E-state index in [4.69, 9.17) is 17.0 Å². The van der Waals surface area contributed by atoms with E-state index in [0.29, 0.717) is 5.11 Å². The van der Waals surface area contributed by atoms with Gasteiger partial charge in [-0.25, -0.2) is 0 Å². The van der Waals surface area contributed by atoms with Crippen molar-refractivity contribution in [1.29, 1.82) is 0 Å². The van der Waals surface area contributed by atoms with E-state index in [1.807, 2.05) is 19.1 Å². The largest absolute Gasteiger partial charge is 0.376 e. The third kappa shape index (κ3) is 4.27. The summed E-state index contributed by atoms with van der Waals surface area (Å²) in [5, 5.41) is 10.5. The van der Waals surface area contributed by atoms with Gasteiger partial charge in [-0.15, -0.1) is 0 Å². The molecule has 1 aliphatic heterocycles. The van der Waals surface area contributed by atoms with E-state index >= 15 is 0 Å². The van der Waals surface area contributed by atoms with Gasteiger partial charge in [0.1, 0.15) is 0 Å². The predicted molar refractivity (Wildman–Crippen MR) is 98.9 cm³/mol. The van der Waals surface area contributed by atoms with Crippen LogP contribution in [0, 0.1) is 0 Å². The van der Waals surface area contributed by atoms with Crippen molar-refractivity contribution >= 4 is 33.8 Å². The molecule has 4 nitrogen and oxygen atoms in total. The highest BCUT2D eigenvalue weighted by Crippen LogP contribution is 2.16. The van der Waals surface area contributed by atoms with E-state index < -0.39 is 0 Å².